The Bertz CT molecular complexity index is 36.3. The Labute approximate surface area is 54.9 Å². The highest BCUT2D eigenvalue weighted by molar-refractivity contribution is 3.87. The zero-order valence-electron chi connectivity index (χ0n) is 6.20. The first-order valence-electron chi connectivity index (χ1n) is 2.15. The van der Waals surface area contributed by atoms with E-state index in [0.717, 1.165) is 4.48 Å². The summed E-state index contributed by atoms with van der Waals surface area (Å²) in [7, 11) is 8.50. The molecule has 0 radical (unpaired) electrons. The second-order valence-corrected chi connectivity index (χ2v) is 2.76. The van der Waals surface area contributed by atoms with Crippen LogP contribution in [0, 0.1) is 0 Å². The van der Waals surface area contributed by atoms with Crippen LogP contribution in [-0.4, -0.2) is 48.7 Å². The third-order valence-corrected chi connectivity index (χ3v) is 0. The van der Waals surface area contributed by atoms with E-state index >= 15 is 0 Å². The van der Waals surface area contributed by atoms with Gasteiger partial charge in [0, 0.05) is 0 Å². The Morgan fingerprint density at radius 1 is 1.00 bits per heavy atom. The van der Waals surface area contributed by atoms with Gasteiger partial charge in [0.2, 0.25) is 0 Å². The summed E-state index contributed by atoms with van der Waals surface area (Å²) < 4.78 is 1.00. The lowest BCUT2D eigenvalue weighted by atomic mass is 10.8. The molecule has 0 fully saturated rings. The van der Waals surface area contributed by atoms with Crippen LogP contribution >= 0.6 is 0 Å². The summed E-state index contributed by atoms with van der Waals surface area (Å²) in [5, 5.41) is 15.5. The quantitative estimate of drug-likeness (QED) is 0.285. The Hall–Kier alpha value is -0.200. The van der Waals surface area contributed by atoms with Gasteiger partial charge in [-0.25, -0.2) is 10.5 Å². The molecule has 0 amide bonds. The summed E-state index contributed by atoms with van der Waals surface area (Å²) >= 11 is 0. The van der Waals surface area contributed by atoms with Crippen molar-refractivity contribution in [2.75, 3.05) is 28.2 Å². The van der Waals surface area contributed by atoms with Gasteiger partial charge in [-0.15, -0.1) is 0 Å². The van der Waals surface area contributed by atoms with Crippen molar-refractivity contribution in [3.8, 4) is 0 Å². The van der Waals surface area contributed by atoms with Crippen molar-refractivity contribution >= 4 is 0 Å². The Kier molecular flexibility index (Phi) is 13.8. The Balaban J connectivity index is -0.0000000800. The topological polar surface area (TPSA) is 79.7 Å². The van der Waals surface area contributed by atoms with Crippen molar-refractivity contribution in [3.05, 3.63) is 0 Å². The average molecular weight is 141 g/mol. The van der Waals surface area contributed by atoms with Crippen molar-refractivity contribution in [3.63, 3.8) is 0 Å². The average Bonchev–Trinajstić information content (AvgIpc) is 1.27. The van der Waals surface area contributed by atoms with Crippen LogP contribution in [0.3, 0.4) is 0 Å². The second-order valence-electron chi connectivity index (χ2n) is 2.76. The molecule has 0 heterocycles. The van der Waals surface area contributed by atoms with Crippen molar-refractivity contribution in [2.45, 2.75) is 0 Å². The van der Waals surface area contributed by atoms with Gasteiger partial charge in [-0.2, -0.15) is 0 Å². The maximum absolute atomic E-state index is 6.62. The number of hydrogen-bond acceptors (Lipinski definition) is 4. The minimum Gasteiger partial charge on any atom is -0.870 e. The summed E-state index contributed by atoms with van der Waals surface area (Å²) in [5.74, 6) is 0. The van der Waals surface area contributed by atoms with Crippen LogP contribution < -0.4 is 0 Å². The van der Waals surface area contributed by atoms with E-state index in [1.165, 1.54) is 0 Å². The fourth-order valence-corrected chi connectivity index (χ4v) is 0. The molecule has 0 atom stereocenters. The van der Waals surface area contributed by atoms with Gasteiger partial charge in [0.05, 0.1) is 28.2 Å². The van der Waals surface area contributed by atoms with Crippen LogP contribution in [-0.2, 0) is 5.04 Å². The highest BCUT2D eigenvalue weighted by Gasteiger charge is 1.88. The number of rotatable bonds is 0. The van der Waals surface area contributed by atoms with E-state index in [4.69, 9.17) is 10.5 Å². The summed E-state index contributed by atoms with van der Waals surface area (Å²) in [5.41, 5.74) is 0. The van der Waals surface area contributed by atoms with Crippen LogP contribution in [0.5, 0.6) is 0 Å². The third-order valence-electron chi connectivity index (χ3n) is 0. The zero-order chi connectivity index (χ0) is 7.21. The van der Waals surface area contributed by atoms with E-state index in [1.807, 2.05) is 0 Å². The molecular formula is C4H15NO4. The monoisotopic (exact) mass is 141 g/mol. The molecule has 0 saturated heterocycles. The van der Waals surface area contributed by atoms with Gasteiger partial charge in [-0.3, -0.25) is 0 Å². The predicted molar refractivity (Wildman–Crippen MR) is 32.2 cm³/mol. The minimum atomic E-state index is 0. The molecule has 0 bridgehead atoms. The molecule has 0 unspecified atom stereocenters. The smallest absolute Gasteiger partial charge is 0.0675 e. The molecule has 0 aromatic carbocycles. The van der Waals surface area contributed by atoms with E-state index < -0.39 is 0 Å². The lowest BCUT2D eigenvalue weighted by Crippen LogP contribution is -2.27. The van der Waals surface area contributed by atoms with Gasteiger partial charge >= 0.3 is 0 Å². The fraction of sp³-hybridized carbons (Fsp3) is 1.00. The van der Waals surface area contributed by atoms with Crippen molar-refractivity contribution in [2.24, 2.45) is 0 Å². The van der Waals surface area contributed by atoms with Crippen molar-refractivity contribution in [1.82, 2.24) is 0 Å². The third kappa shape index (κ3) is 6560. The van der Waals surface area contributed by atoms with Crippen LogP contribution in [0.2, 0.25) is 0 Å². The first-order valence-corrected chi connectivity index (χ1v) is 2.15. The van der Waals surface area contributed by atoms with Gasteiger partial charge in [-0.1, -0.05) is 5.04 Å². The molecule has 0 aliphatic carbocycles. The lowest BCUT2D eigenvalue weighted by Gasteiger charge is -2.14. The molecule has 0 aromatic heterocycles. The van der Waals surface area contributed by atoms with Gasteiger partial charge in [0.15, 0.2) is 0 Å². The molecule has 5 heteroatoms. The molecule has 0 aliphatic rings. The van der Waals surface area contributed by atoms with E-state index in [2.05, 4.69) is 33.2 Å². The van der Waals surface area contributed by atoms with Gasteiger partial charge in [-0.05, 0) is 0 Å². The SMILES string of the molecule is C[N+](C)(C)C.OOO.[OH-]. The Morgan fingerprint density at radius 2 is 1.00 bits per heavy atom. The molecule has 0 spiro atoms. The Morgan fingerprint density at radius 3 is 1.00 bits per heavy atom. The summed E-state index contributed by atoms with van der Waals surface area (Å²) in [6.07, 6.45) is 0. The summed E-state index contributed by atoms with van der Waals surface area (Å²) in [4.78, 5) is 0. The molecule has 9 heavy (non-hydrogen) atoms. The van der Waals surface area contributed by atoms with Crippen molar-refractivity contribution < 1.29 is 25.5 Å². The van der Waals surface area contributed by atoms with Crippen LogP contribution in [0.15, 0.2) is 0 Å². The predicted octanol–water partition coefficient (Wildman–Crippen LogP) is 0.0946. The van der Waals surface area contributed by atoms with Crippen LogP contribution in [0.4, 0.5) is 0 Å². The highest BCUT2D eigenvalue weighted by Crippen LogP contribution is 1.73. The number of hydrogen-bond donors (Lipinski definition) is 2. The molecule has 0 rings (SSSR count). The summed E-state index contributed by atoms with van der Waals surface area (Å²) in [6.45, 7) is 0. The second kappa shape index (κ2) is 7.80. The standard InChI is InChI=1S/C4H12N.H2O3.H2O/c1-5(2,3)4;1-3-2;/h1-4H3;1-2H;1H2/q+1;;/p-1. The maximum Gasteiger partial charge on any atom is 0.0675 e. The molecule has 5 nitrogen and oxygen atoms in total. The minimum absolute atomic E-state index is 0. The van der Waals surface area contributed by atoms with E-state index in [-0.39, 0.29) is 5.48 Å². The molecule has 0 aliphatic heterocycles. The zero-order valence-corrected chi connectivity index (χ0v) is 6.20. The van der Waals surface area contributed by atoms with Gasteiger partial charge in [0.25, 0.3) is 0 Å². The molecule has 0 saturated carbocycles. The first kappa shape index (κ1) is 15.9. The van der Waals surface area contributed by atoms with E-state index in [9.17, 15) is 0 Å². The maximum atomic E-state index is 6.62. The molecule has 0 aromatic rings. The number of nitrogens with zero attached hydrogens (tertiary/aromatic N) is 1. The molecule has 3 N–H and O–H groups in total. The van der Waals surface area contributed by atoms with Crippen molar-refractivity contribution in [1.29, 1.82) is 0 Å². The van der Waals surface area contributed by atoms with Crippen LogP contribution in [0.25, 0.3) is 0 Å². The van der Waals surface area contributed by atoms with Crippen LogP contribution in [0.1, 0.15) is 0 Å². The fourth-order valence-electron chi connectivity index (χ4n) is 0. The van der Waals surface area contributed by atoms with Gasteiger partial charge in [0.1, 0.15) is 0 Å². The summed E-state index contributed by atoms with van der Waals surface area (Å²) in [6, 6.07) is 0. The molecular weight excluding hydrogens is 126 g/mol. The van der Waals surface area contributed by atoms with E-state index in [1.54, 1.807) is 0 Å². The van der Waals surface area contributed by atoms with E-state index in [0.29, 0.717) is 0 Å². The largest absolute Gasteiger partial charge is 0.870 e. The highest BCUT2D eigenvalue weighted by atomic mass is 17.4. The normalized spacial score (nSPS) is 8.67. The lowest BCUT2D eigenvalue weighted by molar-refractivity contribution is -0.849. The molecule has 60 valence electrons. The first-order chi connectivity index (χ1) is 3.41. The van der Waals surface area contributed by atoms with Gasteiger partial charge < -0.3 is 9.96 Å². The number of quaternary nitrogens is 1.